The zero-order valence-corrected chi connectivity index (χ0v) is 16.7. The van der Waals surface area contributed by atoms with Gasteiger partial charge >= 0.3 is 0 Å². The van der Waals surface area contributed by atoms with Crippen molar-refractivity contribution in [3.05, 3.63) is 29.6 Å². The fourth-order valence-corrected chi connectivity index (χ4v) is 4.26. The highest BCUT2D eigenvalue weighted by Gasteiger charge is 2.41. The Kier molecular flexibility index (Phi) is 4.68. The molecule has 2 aliphatic rings. The van der Waals surface area contributed by atoms with Crippen molar-refractivity contribution in [2.24, 2.45) is 12.5 Å². The van der Waals surface area contributed by atoms with Crippen LogP contribution in [0.3, 0.4) is 0 Å². The minimum atomic E-state index is -0.173. The summed E-state index contributed by atoms with van der Waals surface area (Å²) in [6.07, 6.45) is 5.44. The van der Waals surface area contributed by atoms with Gasteiger partial charge in [-0.1, -0.05) is 0 Å². The van der Waals surface area contributed by atoms with E-state index in [4.69, 9.17) is 0 Å². The molecule has 1 N–H and O–H groups in total. The Morgan fingerprint density at radius 3 is 2.57 bits per heavy atom. The molecule has 2 aliphatic heterocycles. The molecule has 1 saturated heterocycles. The topological polar surface area (TPSA) is 97.9 Å². The molecule has 0 saturated carbocycles. The quantitative estimate of drug-likeness (QED) is 0.851. The van der Waals surface area contributed by atoms with Gasteiger partial charge in [-0.25, -0.2) is 0 Å². The smallest absolute Gasteiger partial charge is 0.289 e. The van der Waals surface area contributed by atoms with E-state index in [1.807, 2.05) is 30.4 Å². The number of amides is 2. The van der Waals surface area contributed by atoms with Crippen LogP contribution in [-0.2, 0) is 20.0 Å². The van der Waals surface area contributed by atoms with Gasteiger partial charge in [0.1, 0.15) is 11.5 Å². The van der Waals surface area contributed by atoms with Crippen LogP contribution >= 0.6 is 0 Å². The zero-order chi connectivity index (χ0) is 19.9. The Bertz CT molecular complexity index is 890. The van der Waals surface area contributed by atoms with E-state index in [0.717, 1.165) is 38.1 Å². The average Bonchev–Trinajstić information content (AvgIpc) is 3.27. The highest BCUT2D eigenvalue weighted by molar-refractivity contribution is 5.92. The van der Waals surface area contributed by atoms with E-state index in [2.05, 4.69) is 20.6 Å². The summed E-state index contributed by atoms with van der Waals surface area (Å²) in [7, 11) is 1.81. The summed E-state index contributed by atoms with van der Waals surface area (Å²) in [6, 6.07) is 1.81. The van der Waals surface area contributed by atoms with Crippen LogP contribution < -0.4 is 5.32 Å². The predicted molar refractivity (Wildman–Crippen MR) is 102 cm³/mol. The molecule has 1 fully saturated rings. The molecule has 2 aromatic rings. The first-order valence-electron chi connectivity index (χ1n) is 9.89. The third-order valence-electron chi connectivity index (χ3n) is 5.87. The lowest BCUT2D eigenvalue weighted by Gasteiger charge is -2.44. The van der Waals surface area contributed by atoms with Crippen molar-refractivity contribution >= 4 is 11.8 Å². The summed E-state index contributed by atoms with van der Waals surface area (Å²) in [6.45, 7) is 6.02. The molecular weight excluding hydrogens is 358 g/mol. The Hall–Kier alpha value is -2.71. The number of carbonyl (C=O) groups excluding carboxylic acids is 2. The van der Waals surface area contributed by atoms with E-state index in [-0.39, 0.29) is 23.3 Å². The highest BCUT2D eigenvalue weighted by Crippen LogP contribution is 2.41. The summed E-state index contributed by atoms with van der Waals surface area (Å²) in [5, 5.41) is 15.5. The second-order valence-corrected chi connectivity index (χ2v) is 8.32. The largest absolute Gasteiger partial charge is 0.347 e. The molecule has 0 aromatic carbocycles. The van der Waals surface area contributed by atoms with Crippen LogP contribution in [0.2, 0.25) is 0 Å². The van der Waals surface area contributed by atoms with E-state index in [1.165, 1.54) is 0 Å². The maximum Gasteiger partial charge on any atom is 0.289 e. The SMILES string of the molecule is CC(C)NC(=O)c1nnc2n1CC1(CC2)CCN(C(=O)c2ccn(C)n2)CC1. The van der Waals surface area contributed by atoms with Gasteiger partial charge in [0.25, 0.3) is 11.8 Å². The number of aryl methyl sites for hydroxylation is 2. The first-order chi connectivity index (χ1) is 13.4. The van der Waals surface area contributed by atoms with Gasteiger partial charge in [-0.2, -0.15) is 5.10 Å². The van der Waals surface area contributed by atoms with Crippen molar-refractivity contribution in [1.29, 1.82) is 0 Å². The van der Waals surface area contributed by atoms with Crippen LogP contribution in [0.15, 0.2) is 12.3 Å². The molecule has 0 bridgehead atoms. The fraction of sp³-hybridized carbons (Fsp3) is 0.632. The molecule has 4 rings (SSSR count). The molecule has 1 spiro atoms. The van der Waals surface area contributed by atoms with Gasteiger partial charge in [0.05, 0.1) is 0 Å². The van der Waals surface area contributed by atoms with Crippen molar-refractivity contribution < 1.29 is 9.59 Å². The Labute approximate surface area is 164 Å². The summed E-state index contributed by atoms with van der Waals surface area (Å²) in [5.74, 6) is 1.10. The van der Waals surface area contributed by atoms with Crippen LogP contribution in [0.25, 0.3) is 0 Å². The molecule has 0 atom stereocenters. The van der Waals surface area contributed by atoms with Crippen molar-refractivity contribution in [2.45, 2.75) is 52.1 Å². The van der Waals surface area contributed by atoms with Gasteiger partial charge in [0.2, 0.25) is 5.82 Å². The van der Waals surface area contributed by atoms with Gasteiger partial charge in [0, 0.05) is 45.3 Å². The number of hydrogen-bond acceptors (Lipinski definition) is 5. The van der Waals surface area contributed by atoms with Crippen molar-refractivity contribution in [3.8, 4) is 0 Å². The highest BCUT2D eigenvalue weighted by atomic mass is 16.2. The van der Waals surface area contributed by atoms with E-state index < -0.39 is 0 Å². The van der Waals surface area contributed by atoms with Gasteiger partial charge in [-0.05, 0) is 44.6 Å². The number of likely N-dealkylation sites (tertiary alicyclic amines) is 1. The number of rotatable bonds is 3. The average molecular weight is 385 g/mol. The molecular formula is C19H27N7O2. The molecule has 0 unspecified atom stereocenters. The van der Waals surface area contributed by atoms with E-state index >= 15 is 0 Å². The number of piperidine rings is 1. The Morgan fingerprint density at radius 1 is 1.18 bits per heavy atom. The van der Waals surface area contributed by atoms with Crippen molar-refractivity contribution in [3.63, 3.8) is 0 Å². The number of hydrogen-bond donors (Lipinski definition) is 1. The van der Waals surface area contributed by atoms with Gasteiger partial charge in [0.15, 0.2) is 0 Å². The molecule has 9 heteroatoms. The lowest BCUT2D eigenvalue weighted by atomic mass is 9.73. The lowest BCUT2D eigenvalue weighted by Crippen LogP contribution is -2.47. The molecule has 2 amide bonds. The molecule has 9 nitrogen and oxygen atoms in total. The molecule has 150 valence electrons. The summed E-state index contributed by atoms with van der Waals surface area (Å²) in [5.41, 5.74) is 0.583. The summed E-state index contributed by atoms with van der Waals surface area (Å²) >= 11 is 0. The summed E-state index contributed by atoms with van der Waals surface area (Å²) < 4.78 is 3.63. The third kappa shape index (κ3) is 3.41. The maximum absolute atomic E-state index is 12.7. The van der Waals surface area contributed by atoms with Crippen molar-refractivity contribution in [1.82, 2.24) is 34.8 Å². The maximum atomic E-state index is 12.7. The normalized spacial score (nSPS) is 18.4. The first-order valence-corrected chi connectivity index (χ1v) is 9.89. The zero-order valence-electron chi connectivity index (χ0n) is 16.7. The molecule has 0 aliphatic carbocycles. The second-order valence-electron chi connectivity index (χ2n) is 8.32. The van der Waals surface area contributed by atoms with Crippen LogP contribution in [0.4, 0.5) is 0 Å². The first kappa shape index (κ1) is 18.6. The van der Waals surface area contributed by atoms with Crippen LogP contribution in [-0.4, -0.2) is 60.4 Å². The molecule has 4 heterocycles. The van der Waals surface area contributed by atoms with E-state index in [0.29, 0.717) is 24.6 Å². The Morgan fingerprint density at radius 2 is 1.93 bits per heavy atom. The van der Waals surface area contributed by atoms with Crippen molar-refractivity contribution in [2.75, 3.05) is 13.1 Å². The molecule has 28 heavy (non-hydrogen) atoms. The number of fused-ring (bicyclic) bond motifs is 1. The fourth-order valence-electron chi connectivity index (χ4n) is 4.26. The number of carbonyl (C=O) groups is 2. The minimum Gasteiger partial charge on any atom is -0.347 e. The predicted octanol–water partition coefficient (Wildman–Crippen LogP) is 1.02. The van der Waals surface area contributed by atoms with Gasteiger partial charge in [-0.3, -0.25) is 14.3 Å². The van der Waals surface area contributed by atoms with E-state index in [9.17, 15) is 9.59 Å². The minimum absolute atomic E-state index is 0.00625. The second kappa shape index (κ2) is 7.03. The number of aromatic nitrogens is 5. The van der Waals surface area contributed by atoms with Crippen LogP contribution in [0.1, 0.15) is 60.0 Å². The van der Waals surface area contributed by atoms with Gasteiger partial charge < -0.3 is 14.8 Å². The molecule has 0 radical (unpaired) electrons. The number of nitrogens with zero attached hydrogens (tertiary/aromatic N) is 6. The Balaban J connectivity index is 1.45. The monoisotopic (exact) mass is 385 g/mol. The van der Waals surface area contributed by atoms with Gasteiger partial charge in [-0.15, -0.1) is 10.2 Å². The standard InChI is InChI=1S/C19H27N7O2/c1-13(2)20-17(27)16-22-21-15-4-6-19(12-26(15)16)7-10-25(11-8-19)18(28)14-5-9-24(3)23-14/h5,9,13H,4,6-8,10-12H2,1-3H3,(H,20,27). The lowest BCUT2D eigenvalue weighted by molar-refractivity contribution is 0.0460. The van der Waals surface area contributed by atoms with Crippen LogP contribution in [0.5, 0.6) is 0 Å². The third-order valence-corrected chi connectivity index (χ3v) is 5.87. The molecule has 2 aromatic heterocycles. The van der Waals surface area contributed by atoms with Crippen LogP contribution in [0, 0.1) is 5.41 Å². The van der Waals surface area contributed by atoms with E-state index in [1.54, 1.807) is 16.9 Å². The number of nitrogens with one attached hydrogen (secondary N) is 1. The summed E-state index contributed by atoms with van der Waals surface area (Å²) in [4.78, 5) is 27.0.